The Kier molecular flexibility index (Phi) is 3.03. The van der Waals surface area contributed by atoms with Crippen LogP contribution in [0.25, 0.3) is 22.0 Å². The van der Waals surface area contributed by atoms with Crippen molar-refractivity contribution < 1.29 is 9.18 Å². The molecule has 0 amide bonds. The summed E-state index contributed by atoms with van der Waals surface area (Å²) in [6, 6.07) is 13.8. The van der Waals surface area contributed by atoms with Gasteiger partial charge >= 0.3 is 0 Å². The molecule has 0 radical (unpaired) electrons. The van der Waals surface area contributed by atoms with E-state index >= 15 is 0 Å². The van der Waals surface area contributed by atoms with Crippen LogP contribution in [-0.2, 0) is 0 Å². The predicted molar refractivity (Wildman–Crippen MR) is 77.3 cm³/mol. The lowest BCUT2D eigenvalue weighted by atomic mass is 10.0. The van der Waals surface area contributed by atoms with Gasteiger partial charge in [-0.1, -0.05) is 12.1 Å². The second-order valence-corrected chi connectivity index (χ2v) is 4.72. The van der Waals surface area contributed by atoms with Crippen LogP contribution < -0.4 is 0 Å². The van der Waals surface area contributed by atoms with Gasteiger partial charge in [-0.05, 0) is 48.9 Å². The zero-order chi connectivity index (χ0) is 14.1. The van der Waals surface area contributed by atoms with Gasteiger partial charge in [-0.3, -0.25) is 9.78 Å². The van der Waals surface area contributed by atoms with Gasteiger partial charge in [-0.2, -0.15) is 0 Å². The lowest BCUT2D eigenvalue weighted by Gasteiger charge is -2.06. The standard InChI is InChI=1S/C17H12FNO/c1-11-2-4-14-9-13(5-7-17(14)19-11)15-8-12(10-20)3-6-16(15)18/h2-10H,1H3. The minimum Gasteiger partial charge on any atom is -0.298 e. The van der Waals surface area contributed by atoms with Gasteiger partial charge < -0.3 is 0 Å². The maximum Gasteiger partial charge on any atom is 0.150 e. The van der Waals surface area contributed by atoms with Crippen LogP contribution in [0.3, 0.4) is 0 Å². The van der Waals surface area contributed by atoms with Crippen molar-refractivity contribution in [2.45, 2.75) is 6.92 Å². The van der Waals surface area contributed by atoms with Gasteiger partial charge in [0.05, 0.1) is 5.52 Å². The number of aromatic nitrogens is 1. The largest absolute Gasteiger partial charge is 0.298 e. The molecule has 0 spiro atoms. The van der Waals surface area contributed by atoms with Crippen LogP contribution in [0.1, 0.15) is 16.1 Å². The molecule has 20 heavy (non-hydrogen) atoms. The minimum absolute atomic E-state index is 0.338. The van der Waals surface area contributed by atoms with Gasteiger partial charge in [0, 0.05) is 22.2 Å². The van der Waals surface area contributed by atoms with E-state index in [0.29, 0.717) is 11.1 Å². The van der Waals surface area contributed by atoms with E-state index in [1.165, 1.54) is 12.1 Å². The monoisotopic (exact) mass is 265 g/mol. The van der Waals surface area contributed by atoms with Gasteiger partial charge in [0.15, 0.2) is 0 Å². The molecule has 0 N–H and O–H groups in total. The second-order valence-electron chi connectivity index (χ2n) is 4.72. The van der Waals surface area contributed by atoms with E-state index in [-0.39, 0.29) is 5.82 Å². The first-order chi connectivity index (χ1) is 9.67. The van der Waals surface area contributed by atoms with Crippen LogP contribution in [0, 0.1) is 12.7 Å². The third-order valence-corrected chi connectivity index (χ3v) is 3.27. The summed E-state index contributed by atoms with van der Waals surface area (Å²) in [6.45, 7) is 1.93. The van der Waals surface area contributed by atoms with Crippen molar-refractivity contribution in [3.05, 3.63) is 65.6 Å². The van der Waals surface area contributed by atoms with Crippen LogP contribution in [0.2, 0.25) is 0 Å². The number of hydrogen-bond acceptors (Lipinski definition) is 2. The van der Waals surface area contributed by atoms with Crippen molar-refractivity contribution in [3.8, 4) is 11.1 Å². The number of rotatable bonds is 2. The number of carbonyl (C=O) groups excluding carboxylic acids is 1. The Labute approximate surface area is 115 Å². The average Bonchev–Trinajstić information content (AvgIpc) is 2.47. The summed E-state index contributed by atoms with van der Waals surface area (Å²) in [6.07, 6.45) is 0.717. The molecule has 2 nitrogen and oxygen atoms in total. The SMILES string of the molecule is Cc1ccc2cc(-c3cc(C=O)ccc3F)ccc2n1. The molecular weight excluding hydrogens is 253 g/mol. The molecule has 0 unspecified atom stereocenters. The van der Waals surface area contributed by atoms with Crippen molar-refractivity contribution in [3.63, 3.8) is 0 Å². The quantitative estimate of drug-likeness (QED) is 0.651. The van der Waals surface area contributed by atoms with E-state index in [2.05, 4.69) is 4.98 Å². The third kappa shape index (κ3) is 2.18. The molecule has 0 aliphatic carbocycles. The van der Waals surface area contributed by atoms with Crippen LogP contribution in [-0.4, -0.2) is 11.3 Å². The molecule has 98 valence electrons. The highest BCUT2D eigenvalue weighted by Crippen LogP contribution is 2.26. The summed E-state index contributed by atoms with van der Waals surface area (Å²) in [5, 5.41) is 0.948. The highest BCUT2D eigenvalue weighted by atomic mass is 19.1. The van der Waals surface area contributed by atoms with E-state index in [4.69, 9.17) is 0 Å². The lowest BCUT2D eigenvalue weighted by Crippen LogP contribution is -1.89. The summed E-state index contributed by atoms with van der Waals surface area (Å²) in [5.41, 5.74) is 3.45. The highest BCUT2D eigenvalue weighted by Gasteiger charge is 2.07. The number of hydrogen-bond donors (Lipinski definition) is 0. The fourth-order valence-electron chi connectivity index (χ4n) is 2.23. The van der Waals surface area contributed by atoms with E-state index in [1.807, 2.05) is 37.3 Å². The smallest absolute Gasteiger partial charge is 0.150 e. The number of fused-ring (bicyclic) bond motifs is 1. The first-order valence-corrected chi connectivity index (χ1v) is 6.30. The summed E-state index contributed by atoms with van der Waals surface area (Å²) >= 11 is 0. The number of aryl methyl sites for hydroxylation is 1. The number of pyridine rings is 1. The summed E-state index contributed by atoms with van der Waals surface area (Å²) in [4.78, 5) is 15.2. The Morgan fingerprint density at radius 1 is 1.05 bits per heavy atom. The Morgan fingerprint density at radius 3 is 2.70 bits per heavy atom. The third-order valence-electron chi connectivity index (χ3n) is 3.27. The Hall–Kier alpha value is -2.55. The summed E-state index contributed by atoms with van der Waals surface area (Å²) in [5.74, 6) is -0.338. The van der Waals surface area contributed by atoms with Crippen LogP contribution in [0.15, 0.2) is 48.5 Å². The Bertz CT molecular complexity index is 811. The average molecular weight is 265 g/mol. The van der Waals surface area contributed by atoms with Crippen molar-refractivity contribution in [2.24, 2.45) is 0 Å². The Morgan fingerprint density at radius 2 is 1.90 bits per heavy atom. The molecular formula is C17H12FNO. The highest BCUT2D eigenvalue weighted by molar-refractivity contribution is 5.86. The Balaban J connectivity index is 2.19. The molecule has 2 aromatic carbocycles. The van der Waals surface area contributed by atoms with Crippen LogP contribution >= 0.6 is 0 Å². The molecule has 0 aliphatic rings. The van der Waals surface area contributed by atoms with E-state index < -0.39 is 0 Å². The van der Waals surface area contributed by atoms with E-state index in [9.17, 15) is 9.18 Å². The van der Waals surface area contributed by atoms with Crippen LogP contribution in [0.5, 0.6) is 0 Å². The van der Waals surface area contributed by atoms with Gasteiger partial charge in [0.2, 0.25) is 0 Å². The molecule has 0 aliphatic heterocycles. The molecule has 1 heterocycles. The molecule has 1 aromatic heterocycles. The van der Waals surface area contributed by atoms with E-state index in [0.717, 1.165) is 28.4 Å². The predicted octanol–water partition coefficient (Wildman–Crippen LogP) is 4.16. The fourth-order valence-corrected chi connectivity index (χ4v) is 2.23. The van der Waals surface area contributed by atoms with Gasteiger partial charge in [-0.15, -0.1) is 0 Å². The first kappa shape index (κ1) is 12.5. The molecule has 0 saturated heterocycles. The molecule has 0 atom stereocenters. The maximum absolute atomic E-state index is 13.9. The van der Waals surface area contributed by atoms with Crippen molar-refractivity contribution in [2.75, 3.05) is 0 Å². The van der Waals surface area contributed by atoms with Gasteiger partial charge in [0.25, 0.3) is 0 Å². The summed E-state index contributed by atoms with van der Waals surface area (Å²) in [7, 11) is 0. The molecule has 0 saturated carbocycles. The topological polar surface area (TPSA) is 30.0 Å². The number of nitrogens with zero attached hydrogens (tertiary/aromatic N) is 1. The second kappa shape index (κ2) is 4.85. The number of carbonyl (C=O) groups is 1. The molecule has 0 fully saturated rings. The number of halogens is 1. The first-order valence-electron chi connectivity index (χ1n) is 6.30. The van der Waals surface area contributed by atoms with Gasteiger partial charge in [-0.25, -0.2) is 4.39 Å². The zero-order valence-corrected chi connectivity index (χ0v) is 10.9. The normalized spacial score (nSPS) is 10.7. The number of benzene rings is 2. The van der Waals surface area contributed by atoms with Crippen LogP contribution in [0.4, 0.5) is 4.39 Å². The van der Waals surface area contributed by atoms with Crippen molar-refractivity contribution >= 4 is 17.2 Å². The fraction of sp³-hybridized carbons (Fsp3) is 0.0588. The maximum atomic E-state index is 13.9. The van der Waals surface area contributed by atoms with E-state index in [1.54, 1.807) is 6.07 Å². The molecule has 3 rings (SSSR count). The molecule has 3 heteroatoms. The molecule has 0 bridgehead atoms. The lowest BCUT2D eigenvalue weighted by molar-refractivity contribution is 0.112. The van der Waals surface area contributed by atoms with Gasteiger partial charge in [0.1, 0.15) is 12.1 Å². The zero-order valence-electron chi connectivity index (χ0n) is 10.9. The molecule has 3 aromatic rings. The van der Waals surface area contributed by atoms with Crippen molar-refractivity contribution in [1.29, 1.82) is 0 Å². The summed E-state index contributed by atoms with van der Waals surface area (Å²) < 4.78 is 13.9. The minimum atomic E-state index is -0.338. The van der Waals surface area contributed by atoms with Crippen molar-refractivity contribution in [1.82, 2.24) is 4.98 Å². The number of aldehydes is 1.